The average molecular weight is 463 g/mol. The number of fused-ring (bicyclic) bond motifs is 1. The van der Waals surface area contributed by atoms with Gasteiger partial charge in [-0.1, -0.05) is 36.1 Å². The largest absolute Gasteiger partial charge is 0.378 e. The highest BCUT2D eigenvalue weighted by Gasteiger charge is 2.36. The maximum Gasteiger partial charge on any atom is 0.127 e. The van der Waals surface area contributed by atoms with E-state index in [-0.39, 0.29) is 17.6 Å². The molecule has 4 rings (SSSR count). The minimum Gasteiger partial charge on any atom is -0.378 e. The van der Waals surface area contributed by atoms with E-state index < -0.39 is 0 Å². The molecule has 1 nitrogen and oxygen atoms in total. The van der Waals surface area contributed by atoms with E-state index >= 15 is 4.39 Å². The highest BCUT2D eigenvalue weighted by Crippen LogP contribution is 2.47. The first kappa shape index (κ1) is 24.7. The minimum absolute atomic E-state index is 0.163. The molecule has 0 aliphatic heterocycles. The zero-order valence-corrected chi connectivity index (χ0v) is 20.5. The van der Waals surface area contributed by atoms with Crippen LogP contribution in [-0.4, -0.2) is 12.7 Å². The van der Waals surface area contributed by atoms with Crippen LogP contribution in [-0.2, 0) is 11.2 Å². The Balaban J connectivity index is 1.39. The van der Waals surface area contributed by atoms with Gasteiger partial charge in [0.05, 0.1) is 6.10 Å². The predicted molar refractivity (Wildman–Crippen MR) is 135 cm³/mol. The number of benzene rings is 2. The van der Waals surface area contributed by atoms with Gasteiger partial charge in [-0.15, -0.1) is 0 Å². The van der Waals surface area contributed by atoms with Crippen molar-refractivity contribution in [3.05, 3.63) is 82.4 Å². The van der Waals surface area contributed by atoms with Crippen LogP contribution in [0.1, 0.15) is 87.0 Å². The van der Waals surface area contributed by atoms with E-state index in [2.05, 4.69) is 18.8 Å². The first-order chi connectivity index (χ1) is 16.6. The van der Waals surface area contributed by atoms with Crippen molar-refractivity contribution in [3.63, 3.8) is 0 Å². The summed E-state index contributed by atoms with van der Waals surface area (Å²) in [4.78, 5) is 0. The third-order valence-corrected chi connectivity index (χ3v) is 7.63. The number of hydrogen-bond acceptors (Lipinski definition) is 1. The molecule has 2 fully saturated rings. The standard InChI is InChI=1S/C31H36F2O/c1-3-5-6-7-24-12-10-22(18-30(24)32)8-9-23-11-17-29(31(33)19-23)27-14-13-26-21-28(34-4-2)16-15-25(26)20-27/h3,5,10-12,17-19,25-28H,4,6-7,13-16,20-21H2,1-2H3/b5-3+. The molecule has 34 heavy (non-hydrogen) atoms. The molecule has 2 aliphatic carbocycles. The first-order valence-corrected chi connectivity index (χ1v) is 12.9. The number of ether oxygens (including phenoxy) is 1. The van der Waals surface area contributed by atoms with Crippen molar-refractivity contribution in [2.24, 2.45) is 11.8 Å². The van der Waals surface area contributed by atoms with Crippen molar-refractivity contribution in [3.8, 4) is 11.8 Å². The molecule has 0 saturated heterocycles. The molecule has 4 atom stereocenters. The van der Waals surface area contributed by atoms with E-state index in [0.29, 0.717) is 35.1 Å². The van der Waals surface area contributed by atoms with Gasteiger partial charge < -0.3 is 4.74 Å². The monoisotopic (exact) mass is 462 g/mol. The van der Waals surface area contributed by atoms with Crippen LogP contribution >= 0.6 is 0 Å². The van der Waals surface area contributed by atoms with Crippen LogP contribution in [0.3, 0.4) is 0 Å². The Kier molecular flexibility index (Phi) is 8.57. The van der Waals surface area contributed by atoms with Crippen LogP contribution in [0.2, 0.25) is 0 Å². The predicted octanol–water partition coefficient (Wildman–Crippen LogP) is 7.96. The van der Waals surface area contributed by atoms with Gasteiger partial charge in [0, 0.05) is 17.7 Å². The fraction of sp³-hybridized carbons (Fsp3) is 0.484. The van der Waals surface area contributed by atoms with E-state index in [4.69, 9.17) is 4.74 Å². The Hall–Kier alpha value is -2.44. The fourth-order valence-electron chi connectivity index (χ4n) is 5.83. The van der Waals surface area contributed by atoms with Crippen LogP contribution in [0.5, 0.6) is 0 Å². The summed E-state index contributed by atoms with van der Waals surface area (Å²) in [5.74, 6) is 7.31. The third kappa shape index (κ3) is 6.16. The van der Waals surface area contributed by atoms with Crippen molar-refractivity contribution in [2.45, 2.75) is 77.2 Å². The molecule has 0 aromatic heterocycles. The van der Waals surface area contributed by atoms with Gasteiger partial charge in [0.15, 0.2) is 0 Å². The van der Waals surface area contributed by atoms with Crippen LogP contribution in [0, 0.1) is 35.3 Å². The molecule has 0 bridgehead atoms. The zero-order chi connectivity index (χ0) is 23.9. The lowest BCUT2D eigenvalue weighted by molar-refractivity contribution is -0.00968. The summed E-state index contributed by atoms with van der Waals surface area (Å²) in [6.07, 6.45) is 12.7. The summed E-state index contributed by atoms with van der Waals surface area (Å²) in [5, 5.41) is 0. The van der Waals surface area contributed by atoms with Crippen LogP contribution < -0.4 is 0 Å². The molecule has 0 spiro atoms. The quantitative estimate of drug-likeness (QED) is 0.312. The molecule has 0 radical (unpaired) electrons. The number of aryl methyl sites for hydroxylation is 1. The summed E-state index contributed by atoms with van der Waals surface area (Å²) in [5.41, 5.74) is 2.76. The number of allylic oxidation sites excluding steroid dienone is 2. The van der Waals surface area contributed by atoms with Gasteiger partial charge in [-0.05, 0) is 118 Å². The van der Waals surface area contributed by atoms with Gasteiger partial charge in [0.25, 0.3) is 0 Å². The van der Waals surface area contributed by atoms with Crippen LogP contribution in [0.25, 0.3) is 0 Å². The number of hydrogen-bond donors (Lipinski definition) is 0. The SMILES string of the molecule is C/C=C/CCc1ccc(C#Cc2ccc(C3CCC4CC(OCC)CCC4C3)c(F)c2)cc1F. The molecule has 180 valence electrons. The minimum atomic E-state index is -0.233. The average Bonchev–Trinajstić information content (AvgIpc) is 2.84. The van der Waals surface area contributed by atoms with Crippen LogP contribution in [0.15, 0.2) is 48.6 Å². The summed E-state index contributed by atoms with van der Waals surface area (Å²) >= 11 is 0. The van der Waals surface area contributed by atoms with Crippen molar-refractivity contribution < 1.29 is 13.5 Å². The van der Waals surface area contributed by atoms with Gasteiger partial charge in [-0.3, -0.25) is 0 Å². The molecule has 2 aliphatic rings. The highest BCUT2D eigenvalue weighted by atomic mass is 19.1. The molecule has 0 heterocycles. The van der Waals surface area contributed by atoms with E-state index in [9.17, 15) is 4.39 Å². The lowest BCUT2D eigenvalue weighted by Crippen LogP contribution is -2.33. The summed E-state index contributed by atoms with van der Waals surface area (Å²) in [6.45, 7) is 4.83. The Bertz CT molecular complexity index is 1060. The van der Waals surface area contributed by atoms with E-state index in [0.717, 1.165) is 50.2 Å². The second kappa shape index (κ2) is 11.8. The molecule has 2 aromatic rings. The van der Waals surface area contributed by atoms with Crippen molar-refractivity contribution in [1.82, 2.24) is 0 Å². The number of rotatable bonds is 6. The third-order valence-electron chi connectivity index (χ3n) is 7.63. The van der Waals surface area contributed by atoms with E-state index in [1.807, 2.05) is 37.3 Å². The Labute approximate surface area is 203 Å². The summed E-state index contributed by atoms with van der Waals surface area (Å²) in [7, 11) is 0. The first-order valence-electron chi connectivity index (χ1n) is 12.9. The van der Waals surface area contributed by atoms with Crippen molar-refractivity contribution in [1.29, 1.82) is 0 Å². The van der Waals surface area contributed by atoms with Crippen molar-refractivity contribution in [2.75, 3.05) is 6.61 Å². The summed E-state index contributed by atoms with van der Waals surface area (Å²) < 4.78 is 35.3. The van der Waals surface area contributed by atoms with Gasteiger partial charge in [0.2, 0.25) is 0 Å². The van der Waals surface area contributed by atoms with Gasteiger partial charge in [-0.25, -0.2) is 8.78 Å². The maximum absolute atomic E-state index is 15.1. The second-order valence-corrected chi connectivity index (χ2v) is 9.82. The Morgan fingerprint density at radius 2 is 1.62 bits per heavy atom. The molecule has 0 N–H and O–H groups in total. The summed E-state index contributed by atoms with van der Waals surface area (Å²) in [6, 6.07) is 10.5. The zero-order valence-electron chi connectivity index (χ0n) is 20.5. The lowest BCUT2D eigenvalue weighted by atomic mass is 9.65. The Morgan fingerprint density at radius 1 is 0.912 bits per heavy atom. The smallest absolute Gasteiger partial charge is 0.127 e. The molecule has 0 amide bonds. The van der Waals surface area contributed by atoms with Gasteiger partial charge in [-0.2, -0.15) is 0 Å². The second-order valence-electron chi connectivity index (χ2n) is 9.82. The van der Waals surface area contributed by atoms with E-state index in [1.165, 1.54) is 18.9 Å². The molecule has 2 aromatic carbocycles. The molecule has 4 unspecified atom stereocenters. The Morgan fingerprint density at radius 3 is 2.32 bits per heavy atom. The topological polar surface area (TPSA) is 9.23 Å². The van der Waals surface area contributed by atoms with Crippen LogP contribution in [0.4, 0.5) is 8.78 Å². The normalized spacial score (nSPS) is 24.5. The maximum atomic E-state index is 15.1. The fourth-order valence-corrected chi connectivity index (χ4v) is 5.83. The number of halogens is 2. The lowest BCUT2D eigenvalue weighted by Gasteiger charge is -2.42. The molecular weight excluding hydrogens is 426 g/mol. The molecular formula is C31H36F2O. The molecule has 3 heteroatoms. The van der Waals surface area contributed by atoms with E-state index in [1.54, 1.807) is 12.1 Å². The molecule has 2 saturated carbocycles. The van der Waals surface area contributed by atoms with Gasteiger partial charge in [0.1, 0.15) is 11.6 Å². The van der Waals surface area contributed by atoms with Gasteiger partial charge >= 0.3 is 0 Å². The highest BCUT2D eigenvalue weighted by molar-refractivity contribution is 5.45. The van der Waals surface area contributed by atoms with Crippen molar-refractivity contribution >= 4 is 0 Å².